The Labute approximate surface area is 76.6 Å². The van der Waals surface area contributed by atoms with Gasteiger partial charge in [-0.05, 0) is 6.08 Å². The van der Waals surface area contributed by atoms with E-state index in [2.05, 4.69) is 4.99 Å². The molecule has 4 heteroatoms. The molecule has 1 aliphatic rings. The summed E-state index contributed by atoms with van der Waals surface area (Å²) in [5.41, 5.74) is -0.929. The quantitative estimate of drug-likeness (QED) is 0.484. The third kappa shape index (κ3) is 2.05. The van der Waals surface area contributed by atoms with Crippen molar-refractivity contribution in [3.8, 4) is 0 Å². The zero-order valence-corrected chi connectivity index (χ0v) is 7.61. The van der Waals surface area contributed by atoms with Crippen LogP contribution in [0.15, 0.2) is 29.0 Å². The summed E-state index contributed by atoms with van der Waals surface area (Å²) in [4.78, 5) is 13.8. The fourth-order valence-electron chi connectivity index (χ4n) is 1.14. The van der Waals surface area contributed by atoms with Gasteiger partial charge in [-0.2, -0.15) is 4.99 Å². The second-order valence-electron chi connectivity index (χ2n) is 2.61. The van der Waals surface area contributed by atoms with Gasteiger partial charge in [0.2, 0.25) is 6.08 Å². The average Bonchev–Trinajstić information content (AvgIpc) is 2.19. The molecule has 0 saturated carbocycles. The Kier molecular flexibility index (Phi) is 3.01. The number of carbonyl (C=O) groups excluding carboxylic acids is 1. The number of ether oxygens (including phenoxy) is 2. The van der Waals surface area contributed by atoms with Gasteiger partial charge in [0.1, 0.15) is 5.76 Å². The Hall–Kier alpha value is -1.38. The summed E-state index contributed by atoms with van der Waals surface area (Å²) in [6.07, 6.45) is 7.30. The van der Waals surface area contributed by atoms with Gasteiger partial charge in [-0.25, -0.2) is 4.79 Å². The monoisotopic (exact) mass is 181 g/mol. The average molecular weight is 181 g/mol. The van der Waals surface area contributed by atoms with E-state index in [0.717, 1.165) is 0 Å². The first-order chi connectivity index (χ1) is 6.26. The highest BCUT2D eigenvalue weighted by Gasteiger charge is 2.28. The summed E-state index contributed by atoms with van der Waals surface area (Å²) in [5, 5.41) is 0. The molecule has 0 radical (unpaired) electrons. The molecule has 0 fully saturated rings. The Morgan fingerprint density at radius 2 is 2.38 bits per heavy atom. The van der Waals surface area contributed by atoms with Crippen LogP contribution >= 0.6 is 0 Å². The molecule has 1 aliphatic carbocycles. The molecule has 0 aromatic carbocycles. The van der Waals surface area contributed by atoms with Gasteiger partial charge in [0.15, 0.2) is 5.72 Å². The highest BCUT2D eigenvalue weighted by molar-refractivity contribution is 5.37. The lowest BCUT2D eigenvalue weighted by atomic mass is 10.0. The van der Waals surface area contributed by atoms with E-state index in [-0.39, 0.29) is 0 Å². The molecule has 0 saturated heterocycles. The zero-order valence-electron chi connectivity index (χ0n) is 7.61. The summed E-state index contributed by atoms with van der Waals surface area (Å²) in [6.45, 7) is 0. The first-order valence-corrected chi connectivity index (χ1v) is 3.84. The summed E-state index contributed by atoms with van der Waals surface area (Å²) in [7, 11) is 3.04. The van der Waals surface area contributed by atoms with Crippen molar-refractivity contribution in [1.29, 1.82) is 0 Å². The van der Waals surface area contributed by atoms with Crippen molar-refractivity contribution >= 4 is 6.08 Å². The van der Waals surface area contributed by atoms with Crippen molar-refractivity contribution in [2.75, 3.05) is 14.2 Å². The van der Waals surface area contributed by atoms with Crippen LogP contribution in [0.5, 0.6) is 0 Å². The molecular formula is C9H11NO3. The van der Waals surface area contributed by atoms with Gasteiger partial charge in [-0.15, -0.1) is 0 Å². The number of allylic oxidation sites excluding steroid dienone is 1. The van der Waals surface area contributed by atoms with Crippen LogP contribution in [0.2, 0.25) is 0 Å². The Bertz CT molecular complexity index is 289. The molecule has 1 unspecified atom stereocenters. The zero-order chi connectivity index (χ0) is 9.73. The van der Waals surface area contributed by atoms with Crippen LogP contribution in [0.25, 0.3) is 0 Å². The van der Waals surface area contributed by atoms with Crippen molar-refractivity contribution in [3.05, 3.63) is 24.0 Å². The molecule has 0 bridgehead atoms. The van der Waals surface area contributed by atoms with Gasteiger partial charge in [-0.3, -0.25) is 0 Å². The number of rotatable bonds is 3. The van der Waals surface area contributed by atoms with E-state index in [4.69, 9.17) is 9.47 Å². The third-order valence-corrected chi connectivity index (χ3v) is 1.88. The summed E-state index contributed by atoms with van der Waals surface area (Å²) in [5.74, 6) is 0.632. The smallest absolute Gasteiger partial charge is 0.238 e. The van der Waals surface area contributed by atoms with E-state index >= 15 is 0 Å². The van der Waals surface area contributed by atoms with E-state index in [0.29, 0.717) is 12.2 Å². The Morgan fingerprint density at radius 1 is 1.62 bits per heavy atom. The van der Waals surface area contributed by atoms with E-state index in [1.54, 1.807) is 19.3 Å². The van der Waals surface area contributed by atoms with E-state index in [9.17, 15) is 4.79 Å². The van der Waals surface area contributed by atoms with Gasteiger partial charge in [-0.1, -0.05) is 6.08 Å². The minimum absolute atomic E-state index is 0.519. The number of isocyanates is 1. The standard InChI is InChI=1S/C9H11NO3/c1-12-8-4-3-5-9(6-8,13-2)10-7-11/h3-4,6H,5H2,1-2H3. The second kappa shape index (κ2) is 4.03. The number of hydrogen-bond donors (Lipinski definition) is 0. The number of hydrogen-bond acceptors (Lipinski definition) is 4. The van der Waals surface area contributed by atoms with E-state index in [1.807, 2.05) is 6.08 Å². The minimum atomic E-state index is -0.929. The summed E-state index contributed by atoms with van der Waals surface area (Å²) >= 11 is 0. The van der Waals surface area contributed by atoms with Crippen molar-refractivity contribution < 1.29 is 14.3 Å². The summed E-state index contributed by atoms with van der Waals surface area (Å²) < 4.78 is 10.1. The predicted molar refractivity (Wildman–Crippen MR) is 46.7 cm³/mol. The molecule has 0 aromatic rings. The van der Waals surface area contributed by atoms with Gasteiger partial charge in [0, 0.05) is 19.6 Å². The summed E-state index contributed by atoms with van der Waals surface area (Å²) in [6, 6.07) is 0. The topological polar surface area (TPSA) is 47.9 Å². The number of methoxy groups -OCH3 is 2. The van der Waals surface area contributed by atoms with Gasteiger partial charge >= 0.3 is 0 Å². The molecule has 70 valence electrons. The fraction of sp³-hybridized carbons (Fsp3) is 0.444. The lowest BCUT2D eigenvalue weighted by Crippen LogP contribution is -2.27. The first-order valence-electron chi connectivity index (χ1n) is 3.84. The minimum Gasteiger partial charge on any atom is -0.497 e. The third-order valence-electron chi connectivity index (χ3n) is 1.88. The van der Waals surface area contributed by atoms with Crippen molar-refractivity contribution in [2.24, 2.45) is 4.99 Å². The van der Waals surface area contributed by atoms with Gasteiger partial charge < -0.3 is 9.47 Å². The first kappa shape index (κ1) is 9.71. The van der Waals surface area contributed by atoms with Crippen molar-refractivity contribution in [1.82, 2.24) is 0 Å². The largest absolute Gasteiger partial charge is 0.497 e. The molecule has 1 atom stereocenters. The van der Waals surface area contributed by atoms with E-state index in [1.165, 1.54) is 13.2 Å². The molecule has 0 amide bonds. The molecule has 0 N–H and O–H groups in total. The van der Waals surface area contributed by atoms with Crippen LogP contribution in [0.4, 0.5) is 0 Å². The molecule has 0 spiro atoms. The molecule has 13 heavy (non-hydrogen) atoms. The molecule has 0 heterocycles. The normalized spacial score (nSPS) is 26.2. The van der Waals surface area contributed by atoms with Crippen molar-refractivity contribution in [2.45, 2.75) is 12.1 Å². The number of aliphatic imine (C=N–C) groups is 1. The van der Waals surface area contributed by atoms with Crippen LogP contribution < -0.4 is 0 Å². The Morgan fingerprint density at radius 3 is 2.92 bits per heavy atom. The van der Waals surface area contributed by atoms with Crippen LogP contribution in [-0.2, 0) is 14.3 Å². The maximum Gasteiger partial charge on any atom is 0.238 e. The molecule has 0 aliphatic heterocycles. The fourth-order valence-corrected chi connectivity index (χ4v) is 1.14. The SMILES string of the molecule is COC1=CC(N=C=O)(OC)CC=C1. The maximum absolute atomic E-state index is 10.2. The van der Waals surface area contributed by atoms with Crippen LogP contribution in [0.3, 0.4) is 0 Å². The molecule has 4 nitrogen and oxygen atoms in total. The van der Waals surface area contributed by atoms with Crippen LogP contribution in [-0.4, -0.2) is 26.0 Å². The van der Waals surface area contributed by atoms with E-state index < -0.39 is 5.72 Å². The second-order valence-corrected chi connectivity index (χ2v) is 2.61. The predicted octanol–water partition coefficient (Wildman–Crippen LogP) is 1.16. The van der Waals surface area contributed by atoms with Crippen LogP contribution in [0.1, 0.15) is 6.42 Å². The van der Waals surface area contributed by atoms with Crippen LogP contribution in [0, 0.1) is 0 Å². The highest BCUT2D eigenvalue weighted by atomic mass is 16.5. The van der Waals surface area contributed by atoms with Gasteiger partial charge in [0.05, 0.1) is 7.11 Å². The van der Waals surface area contributed by atoms with Crippen molar-refractivity contribution in [3.63, 3.8) is 0 Å². The lowest BCUT2D eigenvalue weighted by Gasteiger charge is -2.24. The molecular weight excluding hydrogens is 170 g/mol. The number of nitrogens with zero attached hydrogens (tertiary/aromatic N) is 1. The van der Waals surface area contributed by atoms with Gasteiger partial charge in [0.25, 0.3) is 0 Å². The highest BCUT2D eigenvalue weighted by Crippen LogP contribution is 2.25. The molecule has 0 aromatic heterocycles. The maximum atomic E-state index is 10.2. The Balaban J connectivity index is 2.96. The molecule has 1 rings (SSSR count). The lowest BCUT2D eigenvalue weighted by molar-refractivity contribution is 0.0379.